The van der Waals surface area contributed by atoms with Crippen LogP contribution in [0.1, 0.15) is 67.7 Å². The fourth-order valence-electron chi connectivity index (χ4n) is 7.32. The quantitative estimate of drug-likeness (QED) is 0.183. The van der Waals surface area contributed by atoms with Gasteiger partial charge in [-0.2, -0.15) is 0 Å². The summed E-state index contributed by atoms with van der Waals surface area (Å²) in [7, 11) is 0. The molecule has 0 spiro atoms. The standard InChI is InChI=1S/C38H42N4O7/c1-26(10-8-16-36(45)40-24-29-13-6-5-12-28(29)21-32(40)25-43)38(47)33-22-31(42(48)49)17-18-34(33)41(37(38)46)23-27-11-9-14-30(20-27)39-19-7-3-2-4-15-35(39)44/h5-6,8-14,17-18,20,22,26,32,43,47H,2-4,7,15-16,19,21,23-25H2,1H3/b10-8+/t26-,32-,38+/m0/s1. The Morgan fingerprint density at radius 3 is 2.59 bits per heavy atom. The zero-order valence-electron chi connectivity index (χ0n) is 27.7. The minimum Gasteiger partial charge on any atom is -0.394 e. The van der Waals surface area contributed by atoms with Gasteiger partial charge >= 0.3 is 0 Å². The number of hydrogen-bond acceptors (Lipinski definition) is 7. The number of nitrogens with zero attached hydrogens (tertiary/aromatic N) is 4. The van der Waals surface area contributed by atoms with Crippen molar-refractivity contribution in [2.24, 2.45) is 5.92 Å². The first-order valence-corrected chi connectivity index (χ1v) is 17.0. The molecule has 11 heteroatoms. The predicted molar refractivity (Wildman–Crippen MR) is 185 cm³/mol. The molecule has 3 aliphatic heterocycles. The van der Waals surface area contributed by atoms with Crippen molar-refractivity contribution in [3.05, 3.63) is 111 Å². The summed E-state index contributed by atoms with van der Waals surface area (Å²) in [5, 5.41) is 33.9. The summed E-state index contributed by atoms with van der Waals surface area (Å²) in [6.45, 7) is 2.56. The van der Waals surface area contributed by atoms with E-state index in [2.05, 4.69) is 0 Å². The fraction of sp³-hybridized carbons (Fsp3) is 0.395. The van der Waals surface area contributed by atoms with Gasteiger partial charge in [-0.1, -0.05) is 68.3 Å². The molecule has 0 saturated carbocycles. The average Bonchev–Trinajstić information content (AvgIpc) is 3.31. The van der Waals surface area contributed by atoms with E-state index < -0.39 is 22.3 Å². The highest BCUT2D eigenvalue weighted by atomic mass is 16.6. The number of amides is 3. The van der Waals surface area contributed by atoms with E-state index in [0.717, 1.165) is 48.1 Å². The second-order valence-corrected chi connectivity index (χ2v) is 13.2. The lowest BCUT2D eigenvalue weighted by atomic mass is 9.82. The van der Waals surface area contributed by atoms with Gasteiger partial charge in [0.25, 0.3) is 11.6 Å². The number of carbonyl (C=O) groups excluding carboxylic acids is 3. The van der Waals surface area contributed by atoms with E-state index in [9.17, 15) is 34.7 Å². The second-order valence-electron chi connectivity index (χ2n) is 13.2. The molecule has 3 aliphatic rings. The van der Waals surface area contributed by atoms with Gasteiger partial charge in [-0.3, -0.25) is 24.5 Å². The van der Waals surface area contributed by atoms with Crippen LogP contribution in [0.25, 0.3) is 0 Å². The zero-order chi connectivity index (χ0) is 34.7. The van der Waals surface area contributed by atoms with Gasteiger partial charge in [-0.25, -0.2) is 0 Å². The molecule has 3 aromatic rings. The second kappa shape index (κ2) is 14.3. The fourth-order valence-corrected chi connectivity index (χ4v) is 7.32. The van der Waals surface area contributed by atoms with Gasteiger partial charge in [-0.05, 0) is 54.2 Å². The highest BCUT2D eigenvalue weighted by molar-refractivity contribution is 6.07. The van der Waals surface area contributed by atoms with Crippen LogP contribution in [0.15, 0.2) is 78.9 Å². The van der Waals surface area contributed by atoms with Crippen LogP contribution in [-0.2, 0) is 39.5 Å². The lowest BCUT2D eigenvalue weighted by Gasteiger charge is -2.36. The third-order valence-electron chi connectivity index (χ3n) is 10.1. The Morgan fingerprint density at radius 2 is 1.82 bits per heavy atom. The van der Waals surface area contributed by atoms with Crippen LogP contribution < -0.4 is 9.80 Å². The maximum atomic E-state index is 14.2. The normalized spacial score (nSPS) is 21.7. The molecule has 256 valence electrons. The number of benzene rings is 3. The summed E-state index contributed by atoms with van der Waals surface area (Å²) in [6.07, 6.45) is 8.09. The highest BCUT2D eigenvalue weighted by Crippen LogP contribution is 2.47. The lowest BCUT2D eigenvalue weighted by Crippen LogP contribution is -2.46. The van der Waals surface area contributed by atoms with Crippen LogP contribution in [0.4, 0.5) is 17.1 Å². The van der Waals surface area contributed by atoms with Gasteiger partial charge in [0.05, 0.1) is 29.8 Å². The van der Waals surface area contributed by atoms with E-state index in [1.165, 1.54) is 23.1 Å². The summed E-state index contributed by atoms with van der Waals surface area (Å²) in [4.78, 5) is 56.5. The highest BCUT2D eigenvalue weighted by Gasteiger charge is 2.53. The smallest absolute Gasteiger partial charge is 0.269 e. The number of rotatable bonds is 9. The summed E-state index contributed by atoms with van der Waals surface area (Å²) < 4.78 is 0. The number of nitro benzene ring substituents is 1. The Bertz CT molecular complexity index is 1790. The molecule has 3 amide bonds. The van der Waals surface area contributed by atoms with E-state index in [1.807, 2.05) is 48.5 Å². The Kier molecular flexibility index (Phi) is 9.94. The zero-order valence-corrected chi connectivity index (χ0v) is 27.7. The van der Waals surface area contributed by atoms with E-state index >= 15 is 0 Å². The number of carbonyl (C=O) groups is 3. The van der Waals surface area contributed by atoms with Crippen molar-refractivity contribution in [3.63, 3.8) is 0 Å². The molecule has 3 aromatic carbocycles. The molecule has 1 saturated heterocycles. The number of aliphatic hydroxyl groups is 2. The molecule has 3 heterocycles. The van der Waals surface area contributed by atoms with Gasteiger partial charge in [0.15, 0.2) is 5.60 Å². The monoisotopic (exact) mass is 666 g/mol. The molecule has 0 aromatic heterocycles. The third-order valence-corrected chi connectivity index (χ3v) is 10.1. The third kappa shape index (κ3) is 6.73. The van der Waals surface area contributed by atoms with Crippen LogP contribution in [0.3, 0.4) is 0 Å². The molecular formula is C38H42N4O7. The van der Waals surface area contributed by atoms with Gasteiger partial charge < -0.3 is 24.9 Å². The summed E-state index contributed by atoms with van der Waals surface area (Å²) in [5.41, 5.74) is 1.72. The lowest BCUT2D eigenvalue weighted by molar-refractivity contribution is -0.385. The maximum Gasteiger partial charge on any atom is 0.269 e. The van der Waals surface area contributed by atoms with Crippen molar-refractivity contribution >= 4 is 34.8 Å². The molecule has 0 radical (unpaired) electrons. The summed E-state index contributed by atoms with van der Waals surface area (Å²) >= 11 is 0. The molecule has 2 N–H and O–H groups in total. The van der Waals surface area contributed by atoms with Crippen molar-refractivity contribution in [3.8, 4) is 0 Å². The Balaban J connectivity index is 1.23. The molecule has 3 atom stereocenters. The van der Waals surface area contributed by atoms with Gasteiger partial charge in [0, 0.05) is 55.2 Å². The first kappa shape index (κ1) is 34.0. The Labute approximate surface area is 285 Å². The van der Waals surface area contributed by atoms with Gasteiger partial charge in [0.2, 0.25) is 11.8 Å². The van der Waals surface area contributed by atoms with Crippen molar-refractivity contribution in [1.82, 2.24) is 4.90 Å². The Morgan fingerprint density at radius 1 is 1.04 bits per heavy atom. The number of nitro groups is 1. The van der Waals surface area contributed by atoms with Crippen LogP contribution >= 0.6 is 0 Å². The number of fused-ring (bicyclic) bond motifs is 2. The van der Waals surface area contributed by atoms with Crippen LogP contribution in [0, 0.1) is 16.0 Å². The maximum absolute atomic E-state index is 14.2. The van der Waals surface area contributed by atoms with E-state index in [0.29, 0.717) is 31.6 Å². The van der Waals surface area contributed by atoms with E-state index in [-0.39, 0.29) is 48.7 Å². The number of anilines is 2. The molecule has 0 unspecified atom stereocenters. The number of aliphatic hydroxyl groups excluding tert-OH is 1. The van der Waals surface area contributed by atoms with Crippen LogP contribution in [0.2, 0.25) is 0 Å². The molecule has 0 bridgehead atoms. The average molecular weight is 667 g/mol. The predicted octanol–water partition coefficient (Wildman–Crippen LogP) is 5.15. The number of non-ortho nitro benzene ring substituents is 1. The molecule has 1 fully saturated rings. The Hall–Kier alpha value is -4.87. The molecular weight excluding hydrogens is 624 g/mol. The van der Waals surface area contributed by atoms with Crippen molar-refractivity contribution < 1.29 is 29.5 Å². The minimum absolute atomic E-state index is 0.0131. The molecule has 0 aliphatic carbocycles. The molecule has 11 nitrogen and oxygen atoms in total. The minimum atomic E-state index is -2.13. The largest absolute Gasteiger partial charge is 0.394 e. The molecule has 6 rings (SSSR count). The first-order valence-electron chi connectivity index (χ1n) is 17.0. The molecule has 49 heavy (non-hydrogen) atoms. The SMILES string of the molecule is C[C@@H](/C=C/CC(=O)N1Cc2ccccc2C[C@H]1CO)[C@]1(O)C(=O)N(Cc2cccc(N3CCCCCCC3=O)c2)c2ccc([N+](=O)[O-])cc21. The summed E-state index contributed by atoms with van der Waals surface area (Å²) in [6, 6.07) is 19.0. The summed E-state index contributed by atoms with van der Waals surface area (Å²) in [5.74, 6) is -1.61. The first-order chi connectivity index (χ1) is 23.6. The number of hydrogen-bond donors (Lipinski definition) is 2. The van der Waals surface area contributed by atoms with Gasteiger partial charge in [0.1, 0.15) is 0 Å². The van der Waals surface area contributed by atoms with Crippen LogP contribution in [-0.4, -0.2) is 57.0 Å². The van der Waals surface area contributed by atoms with E-state index in [1.54, 1.807) is 28.9 Å². The van der Waals surface area contributed by atoms with Crippen molar-refractivity contribution in [2.75, 3.05) is 23.0 Å². The van der Waals surface area contributed by atoms with Crippen LogP contribution in [0.5, 0.6) is 0 Å². The van der Waals surface area contributed by atoms with E-state index in [4.69, 9.17) is 0 Å². The van der Waals surface area contributed by atoms with Crippen molar-refractivity contribution in [2.45, 2.75) is 76.6 Å². The van der Waals surface area contributed by atoms with Crippen molar-refractivity contribution in [1.29, 1.82) is 0 Å². The van der Waals surface area contributed by atoms with Gasteiger partial charge in [-0.15, -0.1) is 0 Å². The topological polar surface area (TPSA) is 145 Å².